The van der Waals surface area contributed by atoms with E-state index in [9.17, 15) is 0 Å². The molecule has 0 aliphatic heterocycles. The van der Waals surface area contributed by atoms with Gasteiger partial charge in [0.15, 0.2) is 48.6 Å². The van der Waals surface area contributed by atoms with E-state index < -0.39 is 0 Å². The van der Waals surface area contributed by atoms with Gasteiger partial charge in [0.05, 0.1) is 10.9 Å². The lowest BCUT2D eigenvalue weighted by Crippen LogP contribution is -2.35. The topological polar surface area (TPSA) is 31.0 Å². The molecular formula is C88H92N8+8. The SMILES string of the molecule is Cc1c(-c2cccc(C)[n+]2C)cccc1-c1cccc(C)[n+]1C.Cc1c(-c2cccc[n+]2C)cccc1-c1c2ccccc2cc[n+]1C.Cc1c(-c2cccc[n+]2C)cccc1-c1cc2ccccc2c[n+]1C.Cc1cc(-c2cccc(-c3cccc[n+]3C)c2C)[n+](C)cc1C. The maximum atomic E-state index is 2.28. The van der Waals surface area contributed by atoms with Crippen LogP contribution < -0.4 is 36.5 Å². The van der Waals surface area contributed by atoms with Crippen LogP contribution in [0, 0.1) is 55.4 Å². The molecule has 14 rings (SSSR count). The predicted octanol–water partition coefficient (Wildman–Crippen LogP) is 15.5. The molecule has 0 N–H and O–H groups in total. The number of pyridine rings is 8. The van der Waals surface area contributed by atoms with E-state index in [1.54, 1.807) is 0 Å². The second kappa shape index (κ2) is 29.1. The van der Waals surface area contributed by atoms with Crippen molar-refractivity contribution in [1.29, 1.82) is 0 Å². The standard InChI is InChI=1S/2C23H22N2.2C21H24N2/c1-17-19(22-13-6-7-15-24(22)2)11-8-12-20(17)23-21-10-5-4-9-18(21)14-16-25(23)3;1-17-20(22-13-6-7-14-24(22)2)11-8-12-21(17)23-15-18-9-4-5-10-19(18)16-25(23)3;1-15-9-6-13-20(22(15)4)18-11-8-12-19(17(18)3)21-14-7-10-16(2)23(21)5;1-15-13-21(23(5)14-16(15)2)19-10-8-9-18(17(19)3)20-11-6-7-12-22(20)4/h2*4-16H,1-3H3;2*6-14H,1-5H3/q4*+2. The van der Waals surface area contributed by atoms with Gasteiger partial charge in [-0.1, -0.05) is 60.7 Å². The summed E-state index contributed by atoms with van der Waals surface area (Å²) in [6.07, 6.45) is 12.8. The lowest BCUT2D eigenvalue weighted by molar-refractivity contribution is -0.666. The van der Waals surface area contributed by atoms with E-state index in [0.717, 1.165) is 0 Å². The molecule has 8 heterocycles. The van der Waals surface area contributed by atoms with Gasteiger partial charge in [-0.15, -0.1) is 0 Å². The van der Waals surface area contributed by atoms with Crippen molar-refractivity contribution in [2.45, 2.75) is 55.4 Å². The summed E-state index contributed by atoms with van der Waals surface area (Å²) in [5.41, 5.74) is 30.6. The maximum Gasteiger partial charge on any atom is 0.220 e. The molecule has 0 aliphatic carbocycles. The minimum atomic E-state index is 1.23. The predicted molar refractivity (Wildman–Crippen MR) is 392 cm³/mol. The van der Waals surface area contributed by atoms with Crippen LogP contribution in [-0.2, 0) is 56.4 Å². The minimum absolute atomic E-state index is 1.23. The van der Waals surface area contributed by atoms with Gasteiger partial charge in [-0.05, 0) is 171 Å². The Hall–Kier alpha value is -11.0. The Morgan fingerprint density at radius 3 is 1.02 bits per heavy atom. The quantitative estimate of drug-likeness (QED) is 0.136. The van der Waals surface area contributed by atoms with Crippen molar-refractivity contribution in [3.8, 4) is 90.1 Å². The van der Waals surface area contributed by atoms with Gasteiger partial charge in [-0.2, -0.15) is 9.13 Å². The lowest BCUT2D eigenvalue weighted by atomic mass is 9.94. The summed E-state index contributed by atoms with van der Waals surface area (Å²) in [5.74, 6) is 0. The molecule has 0 spiro atoms. The number of fused-ring (bicyclic) bond motifs is 2. The van der Waals surface area contributed by atoms with Crippen molar-refractivity contribution in [3.05, 3.63) is 312 Å². The van der Waals surface area contributed by atoms with Gasteiger partial charge < -0.3 is 0 Å². The molecule has 476 valence electrons. The zero-order valence-electron chi connectivity index (χ0n) is 59.0. The van der Waals surface area contributed by atoms with E-state index in [0.29, 0.717) is 0 Å². The van der Waals surface area contributed by atoms with Crippen LogP contribution in [0.5, 0.6) is 0 Å². The summed E-state index contributed by atoms with van der Waals surface area (Å²) in [6.45, 7) is 17.5. The smallest absolute Gasteiger partial charge is 0.201 e. The highest BCUT2D eigenvalue weighted by Crippen LogP contribution is 2.35. The molecule has 0 saturated heterocycles. The zero-order chi connectivity index (χ0) is 67.9. The first-order valence-corrected chi connectivity index (χ1v) is 33.2. The fourth-order valence-electron chi connectivity index (χ4n) is 13.4. The Kier molecular flexibility index (Phi) is 20.2. The Morgan fingerprint density at radius 1 is 0.219 bits per heavy atom. The molecule has 0 atom stereocenters. The van der Waals surface area contributed by atoms with Gasteiger partial charge in [0.2, 0.25) is 45.6 Å². The van der Waals surface area contributed by atoms with Gasteiger partial charge in [0.25, 0.3) is 0 Å². The number of hydrogen-bond acceptors (Lipinski definition) is 0. The minimum Gasteiger partial charge on any atom is -0.201 e. The van der Waals surface area contributed by atoms with Gasteiger partial charge in [0, 0.05) is 143 Å². The first-order chi connectivity index (χ1) is 46.3. The Labute approximate surface area is 569 Å². The van der Waals surface area contributed by atoms with Crippen LogP contribution in [0.4, 0.5) is 0 Å². The number of aromatic nitrogens is 8. The average Bonchev–Trinajstić information content (AvgIpc) is 0.796. The second-order valence-corrected chi connectivity index (χ2v) is 25.6. The Balaban J connectivity index is 0.000000130. The molecule has 0 unspecified atom stereocenters. The number of benzene rings is 6. The van der Waals surface area contributed by atoms with E-state index in [2.05, 4.69) is 416 Å². The highest BCUT2D eigenvalue weighted by atomic mass is 15.0. The number of aryl methyl sites for hydroxylation is 10. The van der Waals surface area contributed by atoms with Gasteiger partial charge in [-0.3, -0.25) is 0 Å². The van der Waals surface area contributed by atoms with Crippen molar-refractivity contribution in [2.75, 3.05) is 0 Å². The van der Waals surface area contributed by atoms with Crippen molar-refractivity contribution in [2.24, 2.45) is 56.4 Å². The molecule has 8 heteroatoms. The summed E-state index contributed by atoms with van der Waals surface area (Å²) < 4.78 is 17.7. The lowest BCUT2D eigenvalue weighted by Gasteiger charge is -2.11. The first-order valence-electron chi connectivity index (χ1n) is 33.2. The van der Waals surface area contributed by atoms with Crippen LogP contribution in [0.15, 0.2) is 268 Å². The first kappa shape index (κ1) is 66.5. The Bertz CT molecular complexity index is 5140. The zero-order valence-corrected chi connectivity index (χ0v) is 59.0. The monoisotopic (exact) mass is 1260 g/mol. The van der Waals surface area contributed by atoms with Crippen LogP contribution in [-0.4, -0.2) is 0 Å². The van der Waals surface area contributed by atoms with Crippen LogP contribution in [0.25, 0.3) is 112 Å². The van der Waals surface area contributed by atoms with Crippen LogP contribution in [0.2, 0.25) is 0 Å². The van der Waals surface area contributed by atoms with Gasteiger partial charge in [0.1, 0.15) is 56.4 Å². The van der Waals surface area contributed by atoms with E-state index in [-0.39, 0.29) is 0 Å². The van der Waals surface area contributed by atoms with Crippen LogP contribution >= 0.6 is 0 Å². The Morgan fingerprint density at radius 2 is 0.562 bits per heavy atom. The second-order valence-electron chi connectivity index (χ2n) is 25.6. The van der Waals surface area contributed by atoms with Crippen LogP contribution in [0.1, 0.15) is 44.8 Å². The van der Waals surface area contributed by atoms with Gasteiger partial charge in [-0.25, -0.2) is 27.4 Å². The summed E-state index contributed by atoms with van der Waals surface area (Å²) >= 11 is 0. The highest BCUT2D eigenvalue weighted by Gasteiger charge is 2.25. The molecule has 0 fully saturated rings. The molecule has 0 aliphatic rings. The molecule has 0 saturated carbocycles. The fraction of sp³-hybridized carbons (Fsp3) is 0.182. The van der Waals surface area contributed by atoms with E-state index >= 15 is 0 Å². The maximum absolute atomic E-state index is 2.28. The normalized spacial score (nSPS) is 10.9. The summed E-state index contributed by atoms with van der Waals surface area (Å²) in [4.78, 5) is 0. The van der Waals surface area contributed by atoms with Crippen molar-refractivity contribution in [1.82, 2.24) is 0 Å². The van der Waals surface area contributed by atoms with Crippen molar-refractivity contribution in [3.63, 3.8) is 0 Å². The fourth-order valence-corrected chi connectivity index (χ4v) is 13.4. The summed E-state index contributed by atoms with van der Waals surface area (Å²) in [7, 11) is 16.9. The molecule has 0 amide bonds. The third-order valence-electron chi connectivity index (χ3n) is 19.4. The van der Waals surface area contributed by atoms with E-state index in [1.807, 2.05) is 0 Å². The van der Waals surface area contributed by atoms with Gasteiger partial charge >= 0.3 is 0 Å². The van der Waals surface area contributed by atoms with E-state index in [1.165, 1.54) is 156 Å². The summed E-state index contributed by atoms with van der Waals surface area (Å²) in [6, 6.07) is 82.1. The molecule has 8 aromatic heterocycles. The third kappa shape index (κ3) is 13.8. The number of rotatable bonds is 8. The molecular weight excluding hydrogens is 1170 g/mol. The molecule has 8 nitrogen and oxygen atoms in total. The third-order valence-corrected chi connectivity index (χ3v) is 19.4. The highest BCUT2D eigenvalue weighted by molar-refractivity contribution is 5.94. The summed E-state index contributed by atoms with van der Waals surface area (Å²) in [5, 5.41) is 5.08. The van der Waals surface area contributed by atoms with Crippen molar-refractivity contribution < 1.29 is 36.5 Å². The molecule has 96 heavy (non-hydrogen) atoms. The van der Waals surface area contributed by atoms with E-state index in [4.69, 9.17) is 0 Å². The largest absolute Gasteiger partial charge is 0.220 e. The van der Waals surface area contributed by atoms with Crippen LogP contribution in [0.3, 0.4) is 0 Å². The molecule has 0 radical (unpaired) electrons. The molecule has 0 bridgehead atoms. The molecule has 14 aromatic rings. The van der Waals surface area contributed by atoms with Crippen molar-refractivity contribution >= 4 is 21.5 Å². The number of hydrogen-bond donors (Lipinski definition) is 0. The number of nitrogens with zero attached hydrogens (tertiary/aromatic N) is 8. The average molecular weight is 1260 g/mol. The molecule has 6 aromatic carbocycles.